The van der Waals surface area contributed by atoms with Gasteiger partial charge in [0.1, 0.15) is 5.75 Å². The van der Waals surface area contributed by atoms with Crippen LogP contribution in [0.15, 0.2) is 54.6 Å². The van der Waals surface area contributed by atoms with Crippen molar-refractivity contribution in [2.45, 2.75) is 6.54 Å². The molecule has 0 aromatic heterocycles. The van der Waals surface area contributed by atoms with Crippen LogP contribution in [-0.4, -0.2) is 60.3 Å². The molecule has 7 nitrogen and oxygen atoms in total. The number of rotatable bonds is 4. The van der Waals surface area contributed by atoms with E-state index in [2.05, 4.69) is 52.3 Å². The lowest BCUT2D eigenvalue weighted by Crippen LogP contribution is -2.45. The molecule has 0 bridgehead atoms. The number of piperazine rings is 1. The Kier molecular flexibility index (Phi) is 7.63. The lowest BCUT2D eigenvalue weighted by molar-refractivity contribution is -0.159. The number of benzene rings is 2. The molecule has 1 heterocycles. The molecule has 0 saturated carbocycles. The van der Waals surface area contributed by atoms with Crippen LogP contribution in [0.4, 0.5) is 5.69 Å². The third-order valence-corrected chi connectivity index (χ3v) is 4.26. The summed E-state index contributed by atoms with van der Waals surface area (Å²) in [4.78, 5) is 23.2. The lowest BCUT2D eigenvalue weighted by Gasteiger charge is -2.36. The van der Waals surface area contributed by atoms with Gasteiger partial charge in [-0.25, -0.2) is 9.59 Å². The number of carbonyl (C=O) groups is 2. The second-order valence-electron chi connectivity index (χ2n) is 6.02. The van der Waals surface area contributed by atoms with Gasteiger partial charge in [-0.2, -0.15) is 0 Å². The highest BCUT2D eigenvalue weighted by Crippen LogP contribution is 2.21. The Morgan fingerprint density at radius 2 is 1.44 bits per heavy atom. The molecule has 3 rings (SSSR count). The Bertz CT molecular complexity index is 731. The molecule has 1 saturated heterocycles. The van der Waals surface area contributed by atoms with Gasteiger partial charge in [0.2, 0.25) is 0 Å². The Balaban J connectivity index is 0.000000380. The molecule has 7 heteroatoms. The summed E-state index contributed by atoms with van der Waals surface area (Å²) in [5.74, 6) is -2.66. The molecule has 2 aromatic carbocycles. The maximum absolute atomic E-state index is 9.10. The van der Waals surface area contributed by atoms with Crippen LogP contribution in [0, 0.1) is 0 Å². The molecule has 1 aliphatic rings. The molecule has 144 valence electrons. The third-order valence-electron chi connectivity index (χ3n) is 4.26. The number of aliphatic carboxylic acids is 2. The summed E-state index contributed by atoms with van der Waals surface area (Å²) >= 11 is 0. The van der Waals surface area contributed by atoms with Gasteiger partial charge >= 0.3 is 11.9 Å². The highest BCUT2D eigenvalue weighted by Gasteiger charge is 2.18. The monoisotopic (exact) mass is 372 g/mol. The second kappa shape index (κ2) is 10.2. The predicted molar refractivity (Wildman–Crippen MR) is 102 cm³/mol. The largest absolute Gasteiger partial charge is 0.496 e. The molecule has 2 aromatic rings. The fourth-order valence-electron chi connectivity index (χ4n) is 2.88. The quantitative estimate of drug-likeness (QED) is 0.795. The van der Waals surface area contributed by atoms with Crippen molar-refractivity contribution in [3.05, 3.63) is 60.2 Å². The molecule has 27 heavy (non-hydrogen) atoms. The Morgan fingerprint density at radius 3 is 2.00 bits per heavy atom. The molecule has 0 atom stereocenters. The minimum Gasteiger partial charge on any atom is -0.496 e. The van der Waals surface area contributed by atoms with E-state index in [1.165, 1.54) is 11.3 Å². The summed E-state index contributed by atoms with van der Waals surface area (Å²) < 4.78 is 5.44. The van der Waals surface area contributed by atoms with E-state index in [1.807, 2.05) is 12.1 Å². The van der Waals surface area contributed by atoms with Crippen molar-refractivity contribution in [2.75, 3.05) is 38.2 Å². The van der Waals surface area contributed by atoms with Crippen LogP contribution in [0.25, 0.3) is 0 Å². The Hall–Kier alpha value is -3.06. The zero-order valence-electron chi connectivity index (χ0n) is 15.2. The minimum atomic E-state index is -1.82. The van der Waals surface area contributed by atoms with E-state index in [-0.39, 0.29) is 0 Å². The number of para-hydroxylation sites is 2. The SMILES string of the molecule is COc1ccccc1CN1CCN(c2ccccc2)CC1.O=C(O)C(=O)O. The lowest BCUT2D eigenvalue weighted by atomic mass is 10.1. The Labute approximate surface area is 158 Å². The molecular formula is C20H24N2O5. The molecule has 0 amide bonds. The Morgan fingerprint density at radius 1 is 0.889 bits per heavy atom. The van der Waals surface area contributed by atoms with Crippen LogP contribution in [0.3, 0.4) is 0 Å². The van der Waals surface area contributed by atoms with Gasteiger partial charge < -0.3 is 19.8 Å². The fraction of sp³-hybridized carbons (Fsp3) is 0.300. The van der Waals surface area contributed by atoms with Gasteiger partial charge in [0.05, 0.1) is 7.11 Å². The van der Waals surface area contributed by atoms with Crippen LogP contribution < -0.4 is 9.64 Å². The molecule has 2 N–H and O–H groups in total. The fourth-order valence-corrected chi connectivity index (χ4v) is 2.88. The van der Waals surface area contributed by atoms with Gasteiger partial charge in [-0.3, -0.25) is 4.90 Å². The van der Waals surface area contributed by atoms with Crippen molar-refractivity contribution >= 4 is 17.6 Å². The van der Waals surface area contributed by atoms with E-state index in [0.29, 0.717) is 0 Å². The number of ether oxygens (including phenoxy) is 1. The van der Waals surface area contributed by atoms with Crippen LogP contribution in [0.1, 0.15) is 5.56 Å². The van der Waals surface area contributed by atoms with Crippen LogP contribution in [0.5, 0.6) is 5.75 Å². The summed E-state index contributed by atoms with van der Waals surface area (Å²) in [6, 6.07) is 19.0. The molecule has 1 aliphatic heterocycles. The number of methoxy groups -OCH3 is 1. The van der Waals surface area contributed by atoms with E-state index in [9.17, 15) is 0 Å². The number of nitrogens with zero attached hydrogens (tertiary/aromatic N) is 2. The topological polar surface area (TPSA) is 90.3 Å². The standard InChI is InChI=1S/C18H22N2O.C2H2O4/c1-21-18-10-6-5-7-16(18)15-19-11-13-20(14-12-19)17-8-3-2-4-9-17;3-1(4)2(5)6/h2-10H,11-15H2,1H3;(H,3,4)(H,5,6). The van der Waals surface area contributed by atoms with Crippen LogP contribution in [-0.2, 0) is 16.1 Å². The maximum atomic E-state index is 9.10. The molecule has 0 unspecified atom stereocenters. The number of hydrogen-bond donors (Lipinski definition) is 2. The minimum absolute atomic E-state index is 0.965. The molecular weight excluding hydrogens is 348 g/mol. The highest BCUT2D eigenvalue weighted by atomic mass is 16.5. The maximum Gasteiger partial charge on any atom is 0.414 e. The average molecular weight is 372 g/mol. The average Bonchev–Trinajstić information content (AvgIpc) is 2.70. The summed E-state index contributed by atoms with van der Waals surface area (Å²) in [5.41, 5.74) is 2.60. The number of carboxylic acids is 2. The van der Waals surface area contributed by atoms with Crippen molar-refractivity contribution < 1.29 is 24.5 Å². The third kappa shape index (κ3) is 6.31. The van der Waals surface area contributed by atoms with Crippen molar-refractivity contribution in [1.29, 1.82) is 0 Å². The molecule has 0 radical (unpaired) electrons. The summed E-state index contributed by atoms with van der Waals surface area (Å²) in [5, 5.41) is 14.8. The number of hydrogen-bond acceptors (Lipinski definition) is 5. The van der Waals surface area contributed by atoms with Crippen molar-refractivity contribution in [3.8, 4) is 5.75 Å². The summed E-state index contributed by atoms with van der Waals surface area (Å²) in [7, 11) is 1.74. The molecule has 0 aliphatic carbocycles. The number of carboxylic acid groups (broad SMARTS) is 2. The first kappa shape index (κ1) is 20.3. The highest BCUT2D eigenvalue weighted by molar-refractivity contribution is 6.27. The van der Waals surface area contributed by atoms with Gasteiger partial charge in [0, 0.05) is 44.0 Å². The van der Waals surface area contributed by atoms with E-state index in [1.54, 1.807) is 7.11 Å². The first-order chi connectivity index (χ1) is 13.0. The summed E-state index contributed by atoms with van der Waals surface area (Å²) in [6.45, 7) is 5.31. The number of anilines is 1. The van der Waals surface area contributed by atoms with Crippen LogP contribution in [0.2, 0.25) is 0 Å². The second-order valence-corrected chi connectivity index (χ2v) is 6.02. The smallest absolute Gasteiger partial charge is 0.414 e. The van der Waals surface area contributed by atoms with Crippen molar-refractivity contribution in [3.63, 3.8) is 0 Å². The van der Waals surface area contributed by atoms with Gasteiger partial charge in [-0.05, 0) is 18.2 Å². The van der Waals surface area contributed by atoms with Crippen LogP contribution >= 0.6 is 0 Å². The summed E-state index contributed by atoms with van der Waals surface area (Å²) in [6.07, 6.45) is 0. The molecule has 1 fully saturated rings. The van der Waals surface area contributed by atoms with Crippen molar-refractivity contribution in [1.82, 2.24) is 4.90 Å². The van der Waals surface area contributed by atoms with Gasteiger partial charge in [-0.1, -0.05) is 36.4 Å². The zero-order chi connectivity index (χ0) is 19.6. The predicted octanol–water partition coefficient (Wildman–Crippen LogP) is 2.17. The van der Waals surface area contributed by atoms with E-state index < -0.39 is 11.9 Å². The zero-order valence-corrected chi connectivity index (χ0v) is 15.2. The van der Waals surface area contributed by atoms with Crippen molar-refractivity contribution in [2.24, 2.45) is 0 Å². The van der Waals surface area contributed by atoms with E-state index >= 15 is 0 Å². The first-order valence-corrected chi connectivity index (χ1v) is 8.61. The van der Waals surface area contributed by atoms with Gasteiger partial charge in [-0.15, -0.1) is 0 Å². The normalized spacial score (nSPS) is 14.0. The van der Waals surface area contributed by atoms with Gasteiger partial charge in [0.25, 0.3) is 0 Å². The van der Waals surface area contributed by atoms with E-state index in [4.69, 9.17) is 24.5 Å². The molecule has 0 spiro atoms. The van der Waals surface area contributed by atoms with Gasteiger partial charge in [0.15, 0.2) is 0 Å². The van der Waals surface area contributed by atoms with E-state index in [0.717, 1.165) is 38.5 Å². The first-order valence-electron chi connectivity index (χ1n) is 8.61.